The standard InChI is InChI=1S/C12H12BrFN2O2S/c13-8-1-2-9(14)7(5-8)3-4-15-11(17)10-6-19-12(18)16-10/h1-2,5,10H,3-4,6H2,(H,15,17)(H,16,18)/t10-/m1/s1. The van der Waals surface area contributed by atoms with Crippen molar-refractivity contribution in [1.29, 1.82) is 0 Å². The zero-order valence-electron chi connectivity index (χ0n) is 9.91. The van der Waals surface area contributed by atoms with Crippen LogP contribution in [-0.4, -0.2) is 29.5 Å². The molecule has 1 aromatic rings. The third-order valence-electron chi connectivity index (χ3n) is 2.69. The third-order valence-corrected chi connectivity index (χ3v) is 4.06. The average molecular weight is 347 g/mol. The minimum Gasteiger partial charge on any atom is -0.354 e. The molecule has 2 N–H and O–H groups in total. The van der Waals surface area contributed by atoms with Crippen LogP contribution in [0.4, 0.5) is 9.18 Å². The van der Waals surface area contributed by atoms with Crippen molar-refractivity contribution in [3.05, 3.63) is 34.1 Å². The predicted octanol–water partition coefficient (Wildman–Crippen LogP) is 2.07. The second kappa shape index (κ2) is 6.38. The molecule has 102 valence electrons. The van der Waals surface area contributed by atoms with Crippen molar-refractivity contribution in [1.82, 2.24) is 10.6 Å². The average Bonchev–Trinajstić information content (AvgIpc) is 2.80. The van der Waals surface area contributed by atoms with Gasteiger partial charge in [-0.3, -0.25) is 9.59 Å². The monoisotopic (exact) mass is 346 g/mol. The van der Waals surface area contributed by atoms with E-state index in [1.165, 1.54) is 6.07 Å². The van der Waals surface area contributed by atoms with Crippen molar-refractivity contribution in [2.24, 2.45) is 0 Å². The van der Waals surface area contributed by atoms with Gasteiger partial charge in [0.25, 0.3) is 5.24 Å². The Balaban J connectivity index is 1.81. The first kappa shape index (κ1) is 14.3. The molecular weight excluding hydrogens is 335 g/mol. The van der Waals surface area contributed by atoms with E-state index in [1.807, 2.05) is 0 Å². The van der Waals surface area contributed by atoms with Gasteiger partial charge in [-0.25, -0.2) is 4.39 Å². The van der Waals surface area contributed by atoms with E-state index in [0.717, 1.165) is 16.2 Å². The van der Waals surface area contributed by atoms with Crippen molar-refractivity contribution in [3.8, 4) is 0 Å². The van der Waals surface area contributed by atoms with Crippen molar-refractivity contribution >= 4 is 38.8 Å². The van der Waals surface area contributed by atoms with Gasteiger partial charge in [0.2, 0.25) is 5.91 Å². The Hall–Kier alpha value is -1.08. The zero-order valence-corrected chi connectivity index (χ0v) is 12.3. The number of carbonyl (C=O) groups excluding carboxylic acids is 2. The van der Waals surface area contributed by atoms with Crippen molar-refractivity contribution in [3.63, 3.8) is 0 Å². The molecular formula is C12H12BrFN2O2S. The maximum atomic E-state index is 13.5. The van der Waals surface area contributed by atoms with Gasteiger partial charge in [0.05, 0.1) is 0 Å². The molecule has 7 heteroatoms. The smallest absolute Gasteiger partial charge is 0.279 e. The number of hydrogen-bond acceptors (Lipinski definition) is 3. The maximum absolute atomic E-state index is 13.5. The molecule has 0 aromatic heterocycles. The van der Waals surface area contributed by atoms with Gasteiger partial charge in [-0.2, -0.15) is 0 Å². The fourth-order valence-electron chi connectivity index (χ4n) is 1.70. The number of thioether (sulfide) groups is 1. The number of nitrogens with one attached hydrogen (secondary N) is 2. The zero-order chi connectivity index (χ0) is 13.8. The van der Waals surface area contributed by atoms with Crippen molar-refractivity contribution in [2.75, 3.05) is 12.3 Å². The summed E-state index contributed by atoms with van der Waals surface area (Å²) in [7, 11) is 0. The lowest BCUT2D eigenvalue weighted by Gasteiger charge is -2.10. The number of carbonyl (C=O) groups is 2. The van der Waals surface area contributed by atoms with E-state index in [2.05, 4.69) is 26.6 Å². The van der Waals surface area contributed by atoms with Gasteiger partial charge in [0, 0.05) is 16.8 Å². The van der Waals surface area contributed by atoms with Crippen LogP contribution in [0.15, 0.2) is 22.7 Å². The number of amides is 2. The summed E-state index contributed by atoms with van der Waals surface area (Å²) < 4.78 is 14.3. The molecule has 1 aliphatic heterocycles. The van der Waals surface area contributed by atoms with E-state index < -0.39 is 6.04 Å². The minimum atomic E-state index is -0.482. The molecule has 1 heterocycles. The first-order chi connectivity index (χ1) is 9.06. The molecule has 0 saturated carbocycles. The summed E-state index contributed by atoms with van der Waals surface area (Å²) in [6, 6.07) is 4.22. The molecule has 19 heavy (non-hydrogen) atoms. The summed E-state index contributed by atoms with van der Waals surface area (Å²) in [6.45, 7) is 0.337. The molecule has 1 aromatic carbocycles. The van der Waals surface area contributed by atoms with Crippen LogP contribution in [0.1, 0.15) is 5.56 Å². The summed E-state index contributed by atoms with van der Waals surface area (Å²) in [5.74, 6) is -0.0773. The van der Waals surface area contributed by atoms with Gasteiger partial charge in [0.15, 0.2) is 0 Å². The summed E-state index contributed by atoms with van der Waals surface area (Å²) in [5, 5.41) is 5.06. The molecule has 0 spiro atoms. The van der Waals surface area contributed by atoms with Crippen LogP contribution in [0.25, 0.3) is 0 Å². The Kier molecular flexibility index (Phi) is 4.81. The highest BCUT2D eigenvalue weighted by atomic mass is 79.9. The molecule has 1 aliphatic rings. The van der Waals surface area contributed by atoms with Crippen LogP contribution < -0.4 is 10.6 Å². The fraction of sp³-hybridized carbons (Fsp3) is 0.333. The molecule has 4 nitrogen and oxygen atoms in total. The van der Waals surface area contributed by atoms with E-state index in [-0.39, 0.29) is 17.0 Å². The topological polar surface area (TPSA) is 58.2 Å². The first-order valence-corrected chi connectivity index (χ1v) is 7.49. The van der Waals surface area contributed by atoms with Gasteiger partial charge < -0.3 is 10.6 Å². The Labute approximate surface area is 122 Å². The molecule has 0 unspecified atom stereocenters. The third kappa shape index (κ3) is 3.94. The molecule has 1 atom stereocenters. The normalized spacial score (nSPS) is 18.2. The largest absolute Gasteiger partial charge is 0.354 e. The second-order valence-corrected chi connectivity index (χ2v) is 5.98. The molecule has 0 bridgehead atoms. The van der Waals surface area contributed by atoms with E-state index in [1.54, 1.807) is 12.1 Å². The molecule has 2 amide bonds. The predicted molar refractivity (Wildman–Crippen MR) is 75.6 cm³/mol. The van der Waals surface area contributed by atoms with E-state index >= 15 is 0 Å². The van der Waals surface area contributed by atoms with Gasteiger partial charge in [-0.15, -0.1) is 0 Å². The molecule has 1 saturated heterocycles. The Bertz CT molecular complexity index is 513. The SMILES string of the molecule is O=C1N[C@@H](C(=O)NCCc2cc(Br)ccc2F)CS1. The first-order valence-electron chi connectivity index (χ1n) is 5.71. The molecule has 2 rings (SSSR count). The highest BCUT2D eigenvalue weighted by Crippen LogP contribution is 2.16. The van der Waals surface area contributed by atoms with Crippen molar-refractivity contribution < 1.29 is 14.0 Å². The summed E-state index contributed by atoms with van der Waals surface area (Å²) >= 11 is 4.36. The van der Waals surface area contributed by atoms with E-state index in [9.17, 15) is 14.0 Å². The molecule has 1 fully saturated rings. The Morgan fingerprint density at radius 2 is 2.37 bits per heavy atom. The number of benzene rings is 1. The quantitative estimate of drug-likeness (QED) is 0.877. The minimum absolute atomic E-state index is 0.182. The van der Waals surface area contributed by atoms with E-state index in [4.69, 9.17) is 0 Å². The highest BCUT2D eigenvalue weighted by molar-refractivity contribution is 9.10. The fourth-order valence-corrected chi connectivity index (χ4v) is 2.89. The van der Waals surface area contributed by atoms with E-state index in [0.29, 0.717) is 24.3 Å². The van der Waals surface area contributed by atoms with Crippen LogP contribution in [0.5, 0.6) is 0 Å². The molecule has 0 radical (unpaired) electrons. The van der Waals surface area contributed by atoms with Gasteiger partial charge in [0.1, 0.15) is 11.9 Å². The second-order valence-electron chi connectivity index (χ2n) is 4.07. The van der Waals surface area contributed by atoms with Crippen LogP contribution in [-0.2, 0) is 11.2 Å². The number of rotatable bonds is 4. The lowest BCUT2D eigenvalue weighted by Crippen LogP contribution is -2.43. The Morgan fingerprint density at radius 3 is 3.05 bits per heavy atom. The molecule has 0 aliphatic carbocycles. The lowest BCUT2D eigenvalue weighted by atomic mass is 10.1. The summed E-state index contributed by atoms with van der Waals surface area (Å²) in [5.41, 5.74) is 0.541. The van der Waals surface area contributed by atoms with Crippen LogP contribution in [0.2, 0.25) is 0 Å². The Morgan fingerprint density at radius 1 is 1.58 bits per heavy atom. The van der Waals surface area contributed by atoms with Crippen LogP contribution in [0.3, 0.4) is 0 Å². The van der Waals surface area contributed by atoms with Gasteiger partial charge in [-0.1, -0.05) is 27.7 Å². The lowest BCUT2D eigenvalue weighted by molar-refractivity contribution is -0.122. The summed E-state index contributed by atoms with van der Waals surface area (Å²) in [6.07, 6.45) is 0.408. The number of halogens is 2. The van der Waals surface area contributed by atoms with Gasteiger partial charge >= 0.3 is 0 Å². The number of hydrogen-bond donors (Lipinski definition) is 2. The summed E-state index contributed by atoms with van der Waals surface area (Å²) in [4.78, 5) is 22.6. The highest BCUT2D eigenvalue weighted by Gasteiger charge is 2.27. The maximum Gasteiger partial charge on any atom is 0.279 e. The van der Waals surface area contributed by atoms with Crippen LogP contribution >= 0.6 is 27.7 Å². The van der Waals surface area contributed by atoms with Crippen molar-refractivity contribution in [2.45, 2.75) is 12.5 Å². The van der Waals surface area contributed by atoms with Gasteiger partial charge in [-0.05, 0) is 30.2 Å². The van der Waals surface area contributed by atoms with Crippen LogP contribution in [0, 0.1) is 5.82 Å².